The Morgan fingerprint density at radius 1 is 1.27 bits per heavy atom. The first-order valence-electron chi connectivity index (χ1n) is 12.5. The Morgan fingerprint density at radius 3 is 2.73 bits per heavy atom. The molecule has 0 radical (unpaired) electrons. The number of ketones is 1. The van der Waals surface area contributed by atoms with Crippen molar-refractivity contribution >= 4 is 17.5 Å². The minimum absolute atomic E-state index is 0.197. The predicted octanol–water partition coefficient (Wildman–Crippen LogP) is 6.72. The van der Waals surface area contributed by atoms with E-state index in [1.165, 1.54) is 51.4 Å². The minimum atomic E-state index is 0.197. The van der Waals surface area contributed by atoms with Crippen LogP contribution >= 0.6 is 11.8 Å². The number of carbonyl (C=O) groups excluding carboxylic acids is 1. The van der Waals surface area contributed by atoms with Gasteiger partial charge in [0.15, 0.2) is 5.78 Å². The molecule has 3 aliphatic carbocycles. The highest BCUT2D eigenvalue weighted by molar-refractivity contribution is 7.98. The molecule has 0 bridgehead atoms. The number of rotatable bonds is 7. The molecular weight excluding hydrogens is 388 g/mol. The van der Waals surface area contributed by atoms with Crippen LogP contribution < -0.4 is 0 Å². The van der Waals surface area contributed by atoms with Gasteiger partial charge in [0, 0.05) is 17.0 Å². The predicted molar refractivity (Wildman–Crippen MR) is 126 cm³/mol. The standard InChI is InChI=1S/C26H42N2OS/c1-6-8-20-18(7-2)9-10-22-21(20)11-12-26(4)23(22)13-17(3)25(26)24(29)16-28-15-19(30-5)14-27-28/h14-15,17-18,20-23,25H,6-13,16H2,1-5H3. The van der Waals surface area contributed by atoms with Crippen LogP contribution in [0.25, 0.3) is 0 Å². The van der Waals surface area contributed by atoms with E-state index in [1.807, 2.05) is 17.1 Å². The second-order valence-corrected chi connectivity index (χ2v) is 11.8. The van der Waals surface area contributed by atoms with Gasteiger partial charge in [0.05, 0.1) is 12.7 Å². The van der Waals surface area contributed by atoms with Crippen molar-refractivity contribution in [1.82, 2.24) is 9.78 Å². The van der Waals surface area contributed by atoms with Crippen molar-refractivity contribution in [2.75, 3.05) is 6.26 Å². The molecule has 3 aliphatic rings. The molecule has 0 aliphatic heterocycles. The second-order valence-electron chi connectivity index (χ2n) is 10.9. The number of thioether (sulfide) groups is 1. The molecule has 1 aromatic heterocycles. The number of aromatic nitrogens is 2. The molecule has 8 atom stereocenters. The Labute approximate surface area is 188 Å². The zero-order valence-electron chi connectivity index (χ0n) is 19.8. The summed E-state index contributed by atoms with van der Waals surface area (Å²) in [6, 6.07) is 0. The molecule has 0 amide bonds. The summed E-state index contributed by atoms with van der Waals surface area (Å²) in [7, 11) is 0. The fourth-order valence-corrected chi connectivity index (χ4v) is 8.75. The average molecular weight is 431 g/mol. The summed E-state index contributed by atoms with van der Waals surface area (Å²) >= 11 is 1.69. The number of fused-ring (bicyclic) bond motifs is 3. The van der Waals surface area contributed by atoms with Gasteiger partial charge in [0.2, 0.25) is 0 Å². The van der Waals surface area contributed by atoms with Crippen molar-refractivity contribution in [2.45, 2.75) is 90.5 Å². The van der Waals surface area contributed by atoms with Crippen LogP contribution in [0.3, 0.4) is 0 Å². The summed E-state index contributed by atoms with van der Waals surface area (Å²) in [6.07, 6.45) is 16.8. The molecule has 0 N–H and O–H groups in total. The Hall–Kier alpha value is -0.770. The molecule has 4 rings (SSSR count). The number of Topliss-reactive ketones (excluding diaryl/α,β-unsaturated/α-hetero) is 1. The Morgan fingerprint density at radius 2 is 2.07 bits per heavy atom. The molecule has 0 aromatic carbocycles. The number of nitrogens with zero attached hydrogens (tertiary/aromatic N) is 2. The summed E-state index contributed by atoms with van der Waals surface area (Å²) in [5.41, 5.74) is 0.197. The van der Waals surface area contributed by atoms with Crippen LogP contribution in [0.1, 0.15) is 79.1 Å². The van der Waals surface area contributed by atoms with Crippen molar-refractivity contribution in [2.24, 2.45) is 46.8 Å². The third kappa shape index (κ3) is 3.80. The maximum Gasteiger partial charge on any atom is 0.158 e. The van der Waals surface area contributed by atoms with Gasteiger partial charge in [-0.05, 0) is 79.3 Å². The van der Waals surface area contributed by atoms with Crippen LogP contribution in [-0.4, -0.2) is 21.8 Å². The van der Waals surface area contributed by atoms with Gasteiger partial charge in [0.1, 0.15) is 0 Å². The molecule has 0 saturated heterocycles. The lowest BCUT2D eigenvalue weighted by Crippen LogP contribution is -2.48. The summed E-state index contributed by atoms with van der Waals surface area (Å²) < 4.78 is 1.87. The van der Waals surface area contributed by atoms with E-state index in [4.69, 9.17) is 0 Å². The van der Waals surface area contributed by atoms with Crippen LogP contribution in [0.2, 0.25) is 0 Å². The molecule has 0 spiro atoms. The zero-order chi connectivity index (χ0) is 21.5. The van der Waals surface area contributed by atoms with Crippen LogP contribution in [0.5, 0.6) is 0 Å². The average Bonchev–Trinajstić information content (AvgIpc) is 3.28. The Balaban J connectivity index is 1.53. The maximum absolute atomic E-state index is 13.5. The lowest BCUT2D eigenvalue weighted by atomic mass is 9.50. The van der Waals surface area contributed by atoms with E-state index in [2.05, 4.69) is 39.0 Å². The van der Waals surface area contributed by atoms with E-state index < -0.39 is 0 Å². The van der Waals surface area contributed by atoms with Gasteiger partial charge in [-0.15, -0.1) is 11.8 Å². The topological polar surface area (TPSA) is 34.9 Å². The van der Waals surface area contributed by atoms with Crippen molar-refractivity contribution in [3.05, 3.63) is 12.4 Å². The first-order valence-corrected chi connectivity index (χ1v) is 13.7. The van der Waals surface area contributed by atoms with E-state index in [9.17, 15) is 4.79 Å². The lowest BCUT2D eigenvalue weighted by Gasteiger charge is -2.54. The van der Waals surface area contributed by atoms with Gasteiger partial charge >= 0.3 is 0 Å². The third-order valence-corrected chi connectivity index (χ3v) is 10.2. The highest BCUT2D eigenvalue weighted by Crippen LogP contribution is 2.65. The van der Waals surface area contributed by atoms with Gasteiger partial charge < -0.3 is 0 Å². The summed E-state index contributed by atoms with van der Waals surface area (Å²) in [5, 5.41) is 4.44. The first-order chi connectivity index (χ1) is 14.4. The summed E-state index contributed by atoms with van der Waals surface area (Å²) in [6.45, 7) is 10.1. The smallest absolute Gasteiger partial charge is 0.158 e. The molecule has 30 heavy (non-hydrogen) atoms. The van der Waals surface area contributed by atoms with E-state index in [1.54, 1.807) is 11.8 Å². The molecule has 3 nitrogen and oxygen atoms in total. The van der Waals surface area contributed by atoms with Gasteiger partial charge in [-0.1, -0.05) is 47.0 Å². The van der Waals surface area contributed by atoms with Gasteiger partial charge in [-0.3, -0.25) is 9.48 Å². The second kappa shape index (κ2) is 9.00. The lowest BCUT2D eigenvalue weighted by molar-refractivity contribution is -0.132. The third-order valence-electron chi connectivity index (χ3n) is 9.52. The molecular formula is C26H42N2OS. The quantitative estimate of drug-likeness (QED) is 0.451. The zero-order valence-corrected chi connectivity index (χ0v) is 20.6. The van der Waals surface area contributed by atoms with Crippen molar-refractivity contribution in [1.29, 1.82) is 0 Å². The molecule has 1 aromatic rings. The van der Waals surface area contributed by atoms with Crippen LogP contribution in [0.4, 0.5) is 0 Å². The Bertz CT molecular complexity index is 745. The minimum Gasteiger partial charge on any atom is -0.297 e. The van der Waals surface area contributed by atoms with Gasteiger partial charge in [0.25, 0.3) is 0 Å². The summed E-state index contributed by atoms with van der Waals surface area (Å²) in [5.74, 6) is 5.54. The van der Waals surface area contributed by atoms with Gasteiger partial charge in [-0.25, -0.2) is 0 Å². The summed E-state index contributed by atoms with van der Waals surface area (Å²) in [4.78, 5) is 14.7. The van der Waals surface area contributed by atoms with E-state index in [0.29, 0.717) is 18.2 Å². The van der Waals surface area contributed by atoms with E-state index in [-0.39, 0.29) is 11.3 Å². The first kappa shape index (κ1) is 22.4. The SMILES string of the molecule is CCCC1C(CC)CCC2C1CCC1(C)C2CC(C)C1C(=O)Cn1cc(SC)cn1. The highest BCUT2D eigenvalue weighted by Gasteiger charge is 2.59. The Kier molecular flexibility index (Phi) is 6.73. The molecule has 3 saturated carbocycles. The van der Waals surface area contributed by atoms with Crippen LogP contribution in [-0.2, 0) is 11.3 Å². The largest absolute Gasteiger partial charge is 0.297 e. The maximum atomic E-state index is 13.5. The van der Waals surface area contributed by atoms with Crippen LogP contribution in [0.15, 0.2) is 17.3 Å². The number of hydrogen-bond donors (Lipinski definition) is 0. The molecule has 3 fully saturated rings. The molecule has 4 heteroatoms. The number of hydrogen-bond acceptors (Lipinski definition) is 3. The highest BCUT2D eigenvalue weighted by atomic mass is 32.2. The normalized spacial score (nSPS) is 40.8. The molecule has 1 heterocycles. The van der Waals surface area contributed by atoms with Crippen molar-refractivity contribution < 1.29 is 4.79 Å². The number of carbonyl (C=O) groups is 1. The van der Waals surface area contributed by atoms with Crippen LogP contribution in [0, 0.1) is 46.8 Å². The van der Waals surface area contributed by atoms with Crippen molar-refractivity contribution in [3.8, 4) is 0 Å². The fourth-order valence-electron chi connectivity index (χ4n) is 8.37. The van der Waals surface area contributed by atoms with E-state index in [0.717, 1.165) is 34.5 Å². The monoisotopic (exact) mass is 430 g/mol. The molecule has 8 unspecified atom stereocenters. The van der Waals surface area contributed by atoms with E-state index >= 15 is 0 Å². The van der Waals surface area contributed by atoms with Gasteiger partial charge in [-0.2, -0.15) is 5.10 Å². The molecule has 168 valence electrons. The van der Waals surface area contributed by atoms with Crippen molar-refractivity contribution in [3.63, 3.8) is 0 Å². The fraction of sp³-hybridized carbons (Fsp3) is 0.846.